The maximum absolute atomic E-state index is 13.6. The van der Waals surface area contributed by atoms with Gasteiger partial charge in [-0.2, -0.15) is 0 Å². The maximum atomic E-state index is 13.6. The van der Waals surface area contributed by atoms with Crippen molar-refractivity contribution in [2.24, 2.45) is 0 Å². The highest BCUT2D eigenvalue weighted by Crippen LogP contribution is 2.27. The van der Waals surface area contributed by atoms with Crippen LogP contribution in [0.3, 0.4) is 0 Å². The van der Waals surface area contributed by atoms with E-state index in [0.29, 0.717) is 28.0 Å². The first-order chi connectivity index (χ1) is 18.4. The van der Waals surface area contributed by atoms with Crippen molar-refractivity contribution in [2.45, 2.75) is 6.92 Å². The predicted octanol–water partition coefficient (Wildman–Crippen LogP) is 5.88. The first-order valence-electron chi connectivity index (χ1n) is 11.8. The van der Waals surface area contributed by atoms with Crippen LogP contribution in [-0.4, -0.2) is 19.6 Å². The molecular formula is C31H21N3O4. The number of nitro groups is 1. The van der Waals surface area contributed by atoms with Gasteiger partial charge in [-0.1, -0.05) is 54.3 Å². The number of phenols is 1. The molecule has 0 unspecified atom stereocenters. The molecule has 1 aromatic heterocycles. The summed E-state index contributed by atoms with van der Waals surface area (Å²) in [7, 11) is 0. The zero-order valence-corrected chi connectivity index (χ0v) is 20.3. The summed E-state index contributed by atoms with van der Waals surface area (Å²) >= 11 is 0. The Morgan fingerprint density at radius 3 is 2.39 bits per heavy atom. The van der Waals surface area contributed by atoms with Crippen molar-refractivity contribution in [1.29, 1.82) is 0 Å². The Kier molecular flexibility index (Phi) is 6.53. The van der Waals surface area contributed by atoms with Crippen molar-refractivity contribution in [3.63, 3.8) is 0 Å². The number of hydrogen-bond donors (Lipinski definition) is 1. The number of aromatic hydroxyl groups is 1. The Morgan fingerprint density at radius 1 is 0.895 bits per heavy atom. The Morgan fingerprint density at radius 2 is 1.63 bits per heavy atom. The number of benzene rings is 4. The molecule has 0 aliphatic carbocycles. The summed E-state index contributed by atoms with van der Waals surface area (Å²) in [5.74, 6) is 6.24. The number of fused-ring (bicyclic) bond motifs is 1. The lowest BCUT2D eigenvalue weighted by atomic mass is 10.1. The number of para-hydroxylation sites is 1. The van der Waals surface area contributed by atoms with Crippen LogP contribution in [0, 0.1) is 28.9 Å². The molecule has 38 heavy (non-hydrogen) atoms. The van der Waals surface area contributed by atoms with E-state index in [1.165, 1.54) is 16.7 Å². The second-order valence-corrected chi connectivity index (χ2v) is 8.58. The van der Waals surface area contributed by atoms with Crippen molar-refractivity contribution >= 4 is 28.7 Å². The number of aromatic nitrogens is 2. The molecule has 0 amide bonds. The maximum Gasteiger partial charge on any atom is 0.311 e. The normalized spacial score (nSPS) is 10.9. The van der Waals surface area contributed by atoms with Crippen LogP contribution in [0.4, 0.5) is 5.69 Å². The summed E-state index contributed by atoms with van der Waals surface area (Å²) in [4.78, 5) is 28.9. The fourth-order valence-corrected chi connectivity index (χ4v) is 4.11. The molecule has 5 aromatic rings. The monoisotopic (exact) mass is 499 g/mol. The summed E-state index contributed by atoms with van der Waals surface area (Å²) in [5.41, 5.74) is 3.57. The molecule has 0 spiro atoms. The number of hydrogen-bond acceptors (Lipinski definition) is 5. The van der Waals surface area contributed by atoms with Gasteiger partial charge in [0.25, 0.3) is 5.56 Å². The Labute approximate surface area is 218 Å². The molecule has 0 aliphatic heterocycles. The number of nitro benzene ring substituents is 1. The largest absolute Gasteiger partial charge is 0.502 e. The minimum absolute atomic E-state index is 0.238. The van der Waals surface area contributed by atoms with Gasteiger partial charge in [-0.15, -0.1) is 0 Å². The summed E-state index contributed by atoms with van der Waals surface area (Å²) in [5, 5.41) is 21.5. The van der Waals surface area contributed by atoms with E-state index in [-0.39, 0.29) is 5.56 Å². The first-order valence-corrected chi connectivity index (χ1v) is 11.8. The highest BCUT2D eigenvalue weighted by molar-refractivity contribution is 5.80. The summed E-state index contributed by atoms with van der Waals surface area (Å²) in [6.45, 7) is 1.90. The molecule has 1 heterocycles. The quantitative estimate of drug-likeness (QED) is 0.189. The van der Waals surface area contributed by atoms with Crippen molar-refractivity contribution in [3.8, 4) is 23.3 Å². The Bertz CT molecular complexity index is 1850. The topological polar surface area (TPSA) is 98.3 Å². The SMILES string of the molecule is Cc1cc(C#Cc2ccccc2)ccc1-n1c(/C=C/c2ccc(O)c([N+](=O)[O-])c2)nc2ccccc2c1=O. The lowest BCUT2D eigenvalue weighted by Gasteiger charge is -2.14. The molecule has 0 radical (unpaired) electrons. The van der Waals surface area contributed by atoms with Crippen molar-refractivity contribution in [2.75, 3.05) is 0 Å². The van der Waals surface area contributed by atoms with E-state index in [9.17, 15) is 20.0 Å². The highest BCUT2D eigenvalue weighted by Gasteiger charge is 2.15. The summed E-state index contributed by atoms with van der Waals surface area (Å²) in [6.07, 6.45) is 3.25. The van der Waals surface area contributed by atoms with Gasteiger partial charge in [0.15, 0.2) is 5.75 Å². The van der Waals surface area contributed by atoms with E-state index in [2.05, 4.69) is 11.8 Å². The van der Waals surface area contributed by atoms with Gasteiger partial charge >= 0.3 is 5.69 Å². The molecule has 5 rings (SSSR count). The van der Waals surface area contributed by atoms with E-state index >= 15 is 0 Å². The summed E-state index contributed by atoms with van der Waals surface area (Å²) in [6, 6.07) is 26.5. The average molecular weight is 500 g/mol. The zero-order chi connectivity index (χ0) is 26.6. The molecule has 4 aromatic carbocycles. The Hall–Kier alpha value is -5.48. The number of rotatable bonds is 4. The van der Waals surface area contributed by atoms with E-state index in [1.807, 2.05) is 55.5 Å². The lowest BCUT2D eigenvalue weighted by Crippen LogP contribution is -2.23. The van der Waals surface area contributed by atoms with Gasteiger partial charge in [-0.05, 0) is 72.7 Å². The molecule has 0 fully saturated rings. The van der Waals surface area contributed by atoms with Gasteiger partial charge < -0.3 is 5.11 Å². The van der Waals surface area contributed by atoms with Gasteiger partial charge in [0.2, 0.25) is 0 Å². The van der Waals surface area contributed by atoms with Crippen LogP contribution in [0.5, 0.6) is 5.75 Å². The molecule has 7 heteroatoms. The van der Waals surface area contributed by atoms with E-state index < -0.39 is 16.4 Å². The zero-order valence-electron chi connectivity index (χ0n) is 20.3. The van der Waals surface area contributed by atoms with Crippen LogP contribution in [0.15, 0.2) is 95.8 Å². The van der Waals surface area contributed by atoms with Gasteiger partial charge in [0.1, 0.15) is 5.82 Å². The van der Waals surface area contributed by atoms with E-state index in [1.54, 1.807) is 42.5 Å². The van der Waals surface area contributed by atoms with Crippen LogP contribution in [0.25, 0.3) is 28.7 Å². The Balaban J connectivity index is 1.62. The molecular weight excluding hydrogens is 478 g/mol. The fourth-order valence-electron chi connectivity index (χ4n) is 4.11. The standard InChI is InChI=1S/C31H21N3O4/c1-21-19-23(12-11-22-7-3-2-4-8-22)13-16-27(21)33-30(32-26-10-6-5-9-25(26)31(33)36)18-15-24-14-17-29(35)28(20-24)34(37)38/h2-10,13-20,35H,1H3/b18-15+. The second-order valence-electron chi connectivity index (χ2n) is 8.58. The molecule has 0 aliphatic rings. The average Bonchev–Trinajstić information content (AvgIpc) is 2.92. The highest BCUT2D eigenvalue weighted by atomic mass is 16.6. The van der Waals surface area contributed by atoms with E-state index in [0.717, 1.165) is 16.7 Å². The molecule has 0 saturated heterocycles. The number of nitrogens with zero attached hydrogens (tertiary/aromatic N) is 3. The fraction of sp³-hybridized carbons (Fsp3) is 0.0323. The predicted molar refractivity (Wildman–Crippen MR) is 148 cm³/mol. The van der Waals surface area contributed by atoms with Crippen molar-refractivity contribution in [3.05, 3.63) is 140 Å². The second kappa shape index (κ2) is 10.2. The van der Waals surface area contributed by atoms with Gasteiger partial charge in [-0.25, -0.2) is 4.98 Å². The third-order valence-electron chi connectivity index (χ3n) is 5.99. The third-order valence-corrected chi connectivity index (χ3v) is 5.99. The van der Waals surface area contributed by atoms with Gasteiger partial charge in [-0.3, -0.25) is 19.5 Å². The molecule has 0 saturated carbocycles. The van der Waals surface area contributed by atoms with Crippen LogP contribution in [-0.2, 0) is 0 Å². The molecule has 0 atom stereocenters. The molecule has 1 N–H and O–H groups in total. The summed E-state index contributed by atoms with van der Waals surface area (Å²) < 4.78 is 1.53. The van der Waals surface area contributed by atoms with Crippen LogP contribution in [0.1, 0.15) is 28.1 Å². The minimum Gasteiger partial charge on any atom is -0.502 e. The molecule has 0 bridgehead atoms. The van der Waals surface area contributed by atoms with E-state index in [4.69, 9.17) is 4.98 Å². The number of aryl methyl sites for hydroxylation is 1. The van der Waals surface area contributed by atoms with Crippen LogP contribution in [0.2, 0.25) is 0 Å². The van der Waals surface area contributed by atoms with Crippen LogP contribution >= 0.6 is 0 Å². The van der Waals surface area contributed by atoms with Crippen molar-refractivity contribution in [1.82, 2.24) is 9.55 Å². The number of phenolic OH excluding ortho intramolecular Hbond substituents is 1. The molecule has 7 nitrogen and oxygen atoms in total. The van der Waals surface area contributed by atoms with Crippen molar-refractivity contribution < 1.29 is 10.0 Å². The smallest absolute Gasteiger partial charge is 0.311 e. The first kappa shape index (κ1) is 24.2. The lowest BCUT2D eigenvalue weighted by molar-refractivity contribution is -0.385. The minimum atomic E-state index is -0.650. The third kappa shape index (κ3) is 4.92. The van der Waals surface area contributed by atoms with Gasteiger partial charge in [0.05, 0.1) is 21.5 Å². The van der Waals surface area contributed by atoms with Crippen LogP contribution < -0.4 is 5.56 Å². The molecule has 184 valence electrons. The van der Waals surface area contributed by atoms with Gasteiger partial charge in [0, 0.05) is 17.2 Å².